The van der Waals surface area contributed by atoms with Crippen molar-refractivity contribution in [3.8, 4) is 6.07 Å². The highest BCUT2D eigenvalue weighted by atomic mass is 79.9. The van der Waals surface area contributed by atoms with Crippen molar-refractivity contribution in [1.29, 1.82) is 5.26 Å². The van der Waals surface area contributed by atoms with Gasteiger partial charge >= 0.3 is 0 Å². The summed E-state index contributed by atoms with van der Waals surface area (Å²) < 4.78 is 0.825. The van der Waals surface area contributed by atoms with E-state index in [0.717, 1.165) is 17.3 Å². The average molecular weight is 310 g/mol. The summed E-state index contributed by atoms with van der Waals surface area (Å²) in [5, 5.41) is 11.7. The van der Waals surface area contributed by atoms with Crippen molar-refractivity contribution < 1.29 is 4.79 Å². The third-order valence-electron chi connectivity index (χ3n) is 2.65. The van der Waals surface area contributed by atoms with Crippen LogP contribution in [0.1, 0.15) is 25.3 Å². The number of nitriles is 1. The molecule has 1 aromatic carbocycles. The van der Waals surface area contributed by atoms with Crippen LogP contribution in [0.25, 0.3) is 0 Å². The molecule has 0 aliphatic heterocycles. The van der Waals surface area contributed by atoms with Crippen LogP contribution in [0.15, 0.2) is 22.7 Å². The first kappa shape index (κ1) is 14.7. The normalized spacial score (nSPS) is 11.7. The van der Waals surface area contributed by atoms with Gasteiger partial charge in [-0.1, -0.05) is 22.9 Å². The summed E-state index contributed by atoms with van der Waals surface area (Å²) >= 11 is 3.32. The first-order valence-electron chi connectivity index (χ1n) is 5.79. The second kappa shape index (κ2) is 7.14. The maximum Gasteiger partial charge on any atom is 0.227 e. The molecule has 0 saturated carbocycles. The number of nitrogens with two attached hydrogens (primary N) is 1. The molecule has 18 heavy (non-hydrogen) atoms. The average Bonchev–Trinajstić information content (AvgIpc) is 2.36. The smallest absolute Gasteiger partial charge is 0.227 e. The number of carbonyl (C=O) groups excluding carboxylic acids is 1. The molecule has 0 radical (unpaired) electrons. The zero-order valence-corrected chi connectivity index (χ0v) is 11.8. The number of nitrogens with zero attached hydrogens (tertiary/aromatic N) is 1. The molecule has 0 aliphatic rings. The molecule has 0 spiro atoms. The van der Waals surface area contributed by atoms with Crippen LogP contribution in [0.4, 0.5) is 5.69 Å². The Morgan fingerprint density at radius 2 is 2.33 bits per heavy atom. The molecule has 96 valence electrons. The van der Waals surface area contributed by atoms with Crippen LogP contribution in [0.5, 0.6) is 0 Å². The standard InChI is InChI=1S/C13H16BrN3O/c1-9(3-2-6-15)13(18)17-12-7-11(14)5-4-10(12)8-16/h4-5,7,9H,2-3,6,15H2,1H3,(H,17,18). The number of carbonyl (C=O) groups is 1. The fraction of sp³-hybridized carbons (Fsp3) is 0.385. The molecule has 1 atom stereocenters. The molecular formula is C13H16BrN3O. The highest BCUT2D eigenvalue weighted by Crippen LogP contribution is 2.21. The molecule has 0 heterocycles. The van der Waals surface area contributed by atoms with Crippen LogP contribution >= 0.6 is 15.9 Å². The Balaban J connectivity index is 2.75. The van der Waals surface area contributed by atoms with E-state index in [0.29, 0.717) is 17.8 Å². The number of halogens is 1. The van der Waals surface area contributed by atoms with E-state index in [-0.39, 0.29) is 11.8 Å². The molecule has 0 aliphatic carbocycles. The van der Waals surface area contributed by atoms with E-state index in [2.05, 4.69) is 27.3 Å². The number of hydrogen-bond acceptors (Lipinski definition) is 3. The van der Waals surface area contributed by atoms with Crippen molar-refractivity contribution in [3.63, 3.8) is 0 Å². The SMILES string of the molecule is CC(CCCN)C(=O)Nc1cc(Br)ccc1C#N. The molecule has 1 rings (SSSR count). The third-order valence-corrected chi connectivity index (χ3v) is 3.14. The number of benzene rings is 1. The summed E-state index contributed by atoms with van der Waals surface area (Å²) in [6.45, 7) is 2.44. The Kier molecular flexibility index (Phi) is 5.83. The maximum absolute atomic E-state index is 11.9. The van der Waals surface area contributed by atoms with Crippen LogP contribution in [0.3, 0.4) is 0 Å². The van der Waals surface area contributed by atoms with E-state index in [1.165, 1.54) is 0 Å². The largest absolute Gasteiger partial charge is 0.330 e. The number of nitrogens with one attached hydrogen (secondary N) is 1. The number of anilines is 1. The third kappa shape index (κ3) is 4.13. The number of rotatable bonds is 5. The molecule has 5 heteroatoms. The Hall–Kier alpha value is -1.38. The Labute approximate surface area is 115 Å². The number of amides is 1. The lowest BCUT2D eigenvalue weighted by molar-refractivity contribution is -0.119. The van der Waals surface area contributed by atoms with E-state index in [9.17, 15) is 4.79 Å². The van der Waals surface area contributed by atoms with Gasteiger partial charge in [0.25, 0.3) is 0 Å². The van der Waals surface area contributed by atoms with Crippen molar-refractivity contribution in [3.05, 3.63) is 28.2 Å². The minimum atomic E-state index is -0.112. The predicted octanol–water partition coefficient (Wildman–Crippen LogP) is 2.63. The van der Waals surface area contributed by atoms with Gasteiger partial charge in [-0.05, 0) is 37.6 Å². The van der Waals surface area contributed by atoms with Crippen molar-refractivity contribution in [2.24, 2.45) is 11.7 Å². The van der Waals surface area contributed by atoms with E-state index in [4.69, 9.17) is 11.0 Å². The van der Waals surface area contributed by atoms with E-state index in [1.54, 1.807) is 18.2 Å². The van der Waals surface area contributed by atoms with Crippen LogP contribution in [0.2, 0.25) is 0 Å². The van der Waals surface area contributed by atoms with Crippen LogP contribution in [-0.2, 0) is 4.79 Å². The summed E-state index contributed by atoms with van der Waals surface area (Å²) in [6, 6.07) is 7.22. The Morgan fingerprint density at radius 1 is 1.61 bits per heavy atom. The second-order valence-corrected chi connectivity index (χ2v) is 5.04. The summed E-state index contributed by atoms with van der Waals surface area (Å²) in [4.78, 5) is 11.9. The van der Waals surface area contributed by atoms with Gasteiger partial charge in [0.2, 0.25) is 5.91 Å². The summed E-state index contributed by atoms with van der Waals surface area (Å²) in [6.07, 6.45) is 1.57. The zero-order valence-electron chi connectivity index (χ0n) is 10.2. The molecular weight excluding hydrogens is 294 g/mol. The van der Waals surface area contributed by atoms with Gasteiger partial charge in [-0.2, -0.15) is 5.26 Å². The Morgan fingerprint density at radius 3 is 2.94 bits per heavy atom. The van der Waals surface area contributed by atoms with Crippen molar-refractivity contribution in [2.75, 3.05) is 11.9 Å². The fourth-order valence-corrected chi connectivity index (χ4v) is 1.89. The van der Waals surface area contributed by atoms with Gasteiger partial charge in [-0.3, -0.25) is 4.79 Å². The molecule has 0 saturated heterocycles. The Bertz CT molecular complexity index is 468. The predicted molar refractivity (Wildman–Crippen MR) is 74.9 cm³/mol. The molecule has 0 fully saturated rings. The summed E-state index contributed by atoms with van der Waals surface area (Å²) in [7, 11) is 0. The maximum atomic E-state index is 11.9. The minimum Gasteiger partial charge on any atom is -0.330 e. The van der Waals surface area contributed by atoms with E-state index < -0.39 is 0 Å². The van der Waals surface area contributed by atoms with E-state index in [1.807, 2.05) is 6.92 Å². The lowest BCUT2D eigenvalue weighted by Crippen LogP contribution is -2.21. The molecule has 0 aromatic heterocycles. The molecule has 3 N–H and O–H groups in total. The highest BCUT2D eigenvalue weighted by Gasteiger charge is 2.14. The lowest BCUT2D eigenvalue weighted by Gasteiger charge is -2.12. The van der Waals surface area contributed by atoms with E-state index >= 15 is 0 Å². The first-order chi connectivity index (χ1) is 8.58. The molecule has 4 nitrogen and oxygen atoms in total. The quantitative estimate of drug-likeness (QED) is 0.877. The minimum absolute atomic E-state index is 0.0851. The second-order valence-electron chi connectivity index (χ2n) is 4.12. The van der Waals surface area contributed by atoms with Gasteiger partial charge in [0.1, 0.15) is 6.07 Å². The highest BCUT2D eigenvalue weighted by molar-refractivity contribution is 9.10. The summed E-state index contributed by atoms with van der Waals surface area (Å²) in [5.74, 6) is -0.197. The molecule has 1 unspecified atom stereocenters. The van der Waals surface area contributed by atoms with Gasteiger partial charge in [-0.25, -0.2) is 0 Å². The fourth-order valence-electron chi connectivity index (χ4n) is 1.53. The van der Waals surface area contributed by atoms with Crippen LogP contribution < -0.4 is 11.1 Å². The monoisotopic (exact) mass is 309 g/mol. The first-order valence-corrected chi connectivity index (χ1v) is 6.58. The lowest BCUT2D eigenvalue weighted by atomic mass is 10.0. The van der Waals surface area contributed by atoms with Gasteiger partial charge < -0.3 is 11.1 Å². The topological polar surface area (TPSA) is 78.9 Å². The number of hydrogen-bond donors (Lipinski definition) is 2. The van der Waals surface area contributed by atoms with Gasteiger partial charge in [0.15, 0.2) is 0 Å². The summed E-state index contributed by atoms with van der Waals surface area (Å²) in [5.41, 5.74) is 6.41. The zero-order chi connectivity index (χ0) is 13.5. The van der Waals surface area contributed by atoms with Crippen LogP contribution in [-0.4, -0.2) is 12.5 Å². The van der Waals surface area contributed by atoms with Gasteiger partial charge in [0, 0.05) is 10.4 Å². The molecule has 0 bridgehead atoms. The van der Waals surface area contributed by atoms with Crippen molar-refractivity contribution >= 4 is 27.5 Å². The van der Waals surface area contributed by atoms with Crippen LogP contribution in [0, 0.1) is 17.2 Å². The van der Waals surface area contributed by atoms with Crippen molar-refractivity contribution in [2.45, 2.75) is 19.8 Å². The molecule has 1 amide bonds. The molecule has 1 aromatic rings. The van der Waals surface area contributed by atoms with Gasteiger partial charge in [-0.15, -0.1) is 0 Å². The van der Waals surface area contributed by atoms with Gasteiger partial charge in [0.05, 0.1) is 11.3 Å². The van der Waals surface area contributed by atoms with Crippen molar-refractivity contribution in [1.82, 2.24) is 0 Å².